The van der Waals surface area contributed by atoms with E-state index in [-0.39, 0.29) is 5.96 Å². The first-order valence-electron chi connectivity index (χ1n) is 3.86. The Morgan fingerprint density at radius 1 is 1.40 bits per heavy atom. The number of anilines is 1. The van der Waals surface area contributed by atoms with Crippen LogP contribution >= 0.6 is 23.2 Å². The van der Waals surface area contributed by atoms with Crippen LogP contribution in [0.3, 0.4) is 0 Å². The number of nitrogens with two attached hydrogens (primary N) is 1. The average Bonchev–Trinajstić information content (AvgIpc) is 2.08. The molecular formula is C8H8Cl2N4O. The van der Waals surface area contributed by atoms with Crippen molar-refractivity contribution in [3.05, 3.63) is 28.2 Å². The molecule has 0 saturated heterocycles. The summed E-state index contributed by atoms with van der Waals surface area (Å²) in [6.07, 6.45) is 0. The number of carbonyl (C=O) groups excluding carboxylic acids is 1. The number of hydrogen-bond acceptors (Lipinski definition) is 2. The van der Waals surface area contributed by atoms with Crippen molar-refractivity contribution in [1.29, 1.82) is 5.41 Å². The molecule has 15 heavy (non-hydrogen) atoms. The van der Waals surface area contributed by atoms with Crippen molar-refractivity contribution in [1.82, 2.24) is 5.32 Å². The van der Waals surface area contributed by atoms with E-state index in [9.17, 15) is 4.79 Å². The van der Waals surface area contributed by atoms with Crippen LogP contribution in [0.5, 0.6) is 0 Å². The molecule has 0 bridgehead atoms. The molecule has 0 heterocycles. The molecule has 0 atom stereocenters. The lowest BCUT2D eigenvalue weighted by atomic mass is 10.3. The van der Waals surface area contributed by atoms with E-state index in [0.717, 1.165) is 0 Å². The standard InChI is InChI=1S/C8H8Cl2N4O/c9-4-1-2-6(5(10)3-4)13-7(11)14-8(12)15/h1-3H,(H5,11,12,13,14,15). The SMILES string of the molecule is N=C(NC(N)=O)Nc1ccc(Cl)cc1Cl. The third kappa shape index (κ3) is 3.65. The number of benzene rings is 1. The number of urea groups is 1. The zero-order valence-corrected chi connectivity index (χ0v) is 8.99. The first kappa shape index (κ1) is 11.6. The Labute approximate surface area is 96.1 Å². The molecule has 0 fully saturated rings. The minimum absolute atomic E-state index is 0.258. The van der Waals surface area contributed by atoms with E-state index in [1.807, 2.05) is 0 Å². The van der Waals surface area contributed by atoms with Crippen LogP contribution in [0.2, 0.25) is 10.0 Å². The molecule has 1 aromatic rings. The van der Waals surface area contributed by atoms with E-state index < -0.39 is 6.03 Å². The van der Waals surface area contributed by atoms with Crippen molar-refractivity contribution in [2.24, 2.45) is 5.73 Å². The van der Waals surface area contributed by atoms with E-state index >= 15 is 0 Å². The largest absolute Gasteiger partial charge is 0.351 e. The van der Waals surface area contributed by atoms with Crippen LogP contribution in [-0.4, -0.2) is 12.0 Å². The Morgan fingerprint density at radius 2 is 2.07 bits per heavy atom. The Hall–Kier alpha value is -1.46. The maximum atomic E-state index is 10.4. The Bertz CT molecular complexity index is 408. The van der Waals surface area contributed by atoms with Gasteiger partial charge in [-0.3, -0.25) is 10.7 Å². The number of rotatable bonds is 1. The molecule has 0 radical (unpaired) electrons. The number of hydrogen-bond donors (Lipinski definition) is 4. The zero-order valence-electron chi connectivity index (χ0n) is 7.47. The summed E-state index contributed by atoms with van der Waals surface area (Å²) in [5, 5.41) is 12.7. The highest BCUT2D eigenvalue weighted by molar-refractivity contribution is 6.36. The number of halogens is 2. The maximum Gasteiger partial charge on any atom is 0.318 e. The highest BCUT2D eigenvalue weighted by Crippen LogP contribution is 2.24. The van der Waals surface area contributed by atoms with Crippen LogP contribution in [-0.2, 0) is 0 Å². The number of nitrogens with one attached hydrogen (secondary N) is 3. The molecule has 7 heteroatoms. The van der Waals surface area contributed by atoms with E-state index in [1.54, 1.807) is 12.1 Å². The fraction of sp³-hybridized carbons (Fsp3) is 0. The zero-order chi connectivity index (χ0) is 11.4. The van der Waals surface area contributed by atoms with E-state index in [1.165, 1.54) is 6.07 Å². The Morgan fingerprint density at radius 3 is 2.60 bits per heavy atom. The summed E-state index contributed by atoms with van der Waals surface area (Å²) in [5.41, 5.74) is 5.28. The molecule has 0 aliphatic rings. The van der Waals surface area contributed by atoms with Gasteiger partial charge in [-0.2, -0.15) is 0 Å². The van der Waals surface area contributed by atoms with Gasteiger partial charge in [-0.15, -0.1) is 0 Å². The van der Waals surface area contributed by atoms with Gasteiger partial charge in [0.2, 0.25) is 5.96 Å². The van der Waals surface area contributed by atoms with Crippen LogP contribution in [0, 0.1) is 5.41 Å². The summed E-state index contributed by atoms with van der Waals surface area (Å²) in [6, 6.07) is 3.88. The van der Waals surface area contributed by atoms with Gasteiger partial charge >= 0.3 is 6.03 Å². The second-order valence-electron chi connectivity index (χ2n) is 2.61. The van der Waals surface area contributed by atoms with Gasteiger partial charge in [-0.05, 0) is 18.2 Å². The fourth-order valence-electron chi connectivity index (χ4n) is 0.880. The number of guanidine groups is 1. The summed E-state index contributed by atoms with van der Waals surface area (Å²) < 4.78 is 0. The first-order chi connectivity index (χ1) is 6.99. The molecule has 0 unspecified atom stereocenters. The quantitative estimate of drug-likeness (QED) is 0.451. The Balaban J connectivity index is 2.72. The molecule has 5 N–H and O–H groups in total. The molecule has 80 valence electrons. The molecule has 0 aliphatic heterocycles. The maximum absolute atomic E-state index is 10.4. The van der Waals surface area contributed by atoms with Gasteiger partial charge < -0.3 is 11.1 Å². The lowest BCUT2D eigenvalue weighted by molar-refractivity contribution is 0.253. The second kappa shape index (κ2) is 4.86. The lowest BCUT2D eigenvalue weighted by Crippen LogP contribution is -2.38. The van der Waals surface area contributed by atoms with Crippen molar-refractivity contribution in [3.8, 4) is 0 Å². The smallest absolute Gasteiger partial charge is 0.318 e. The summed E-state index contributed by atoms with van der Waals surface area (Å²) in [5.74, 6) is -0.258. The van der Waals surface area contributed by atoms with E-state index in [2.05, 4.69) is 10.6 Å². The number of carbonyl (C=O) groups is 1. The summed E-state index contributed by atoms with van der Waals surface area (Å²) >= 11 is 11.5. The molecule has 1 rings (SSSR count). The highest BCUT2D eigenvalue weighted by Gasteiger charge is 2.04. The van der Waals surface area contributed by atoms with Crippen LogP contribution in [0.15, 0.2) is 18.2 Å². The molecular weight excluding hydrogens is 239 g/mol. The van der Waals surface area contributed by atoms with E-state index in [0.29, 0.717) is 15.7 Å². The van der Waals surface area contributed by atoms with Gasteiger partial charge in [0.05, 0.1) is 10.7 Å². The minimum atomic E-state index is -0.822. The molecule has 2 amide bonds. The van der Waals surface area contributed by atoms with Crippen LogP contribution in [0.25, 0.3) is 0 Å². The monoisotopic (exact) mass is 246 g/mol. The van der Waals surface area contributed by atoms with Gasteiger partial charge in [-0.1, -0.05) is 23.2 Å². The van der Waals surface area contributed by atoms with Gasteiger partial charge in [0.1, 0.15) is 0 Å². The van der Waals surface area contributed by atoms with Gasteiger partial charge in [0, 0.05) is 5.02 Å². The fourth-order valence-corrected chi connectivity index (χ4v) is 1.34. The molecule has 0 aromatic heterocycles. The third-order valence-electron chi connectivity index (χ3n) is 1.44. The molecule has 0 saturated carbocycles. The predicted molar refractivity (Wildman–Crippen MR) is 60.5 cm³/mol. The predicted octanol–water partition coefficient (Wildman–Crippen LogP) is 2.01. The average molecular weight is 247 g/mol. The summed E-state index contributed by atoms with van der Waals surface area (Å²) in [6.45, 7) is 0. The topological polar surface area (TPSA) is 91.0 Å². The summed E-state index contributed by atoms with van der Waals surface area (Å²) in [7, 11) is 0. The normalized spacial score (nSPS) is 9.47. The van der Waals surface area contributed by atoms with Gasteiger partial charge in [-0.25, -0.2) is 4.79 Å². The minimum Gasteiger partial charge on any atom is -0.351 e. The Kier molecular flexibility index (Phi) is 3.76. The number of amides is 2. The second-order valence-corrected chi connectivity index (χ2v) is 3.46. The van der Waals surface area contributed by atoms with Crippen molar-refractivity contribution < 1.29 is 4.79 Å². The molecule has 5 nitrogen and oxygen atoms in total. The number of primary amides is 1. The third-order valence-corrected chi connectivity index (χ3v) is 1.99. The van der Waals surface area contributed by atoms with E-state index in [4.69, 9.17) is 34.3 Å². The first-order valence-corrected chi connectivity index (χ1v) is 4.61. The van der Waals surface area contributed by atoms with Gasteiger partial charge in [0.15, 0.2) is 0 Å². The van der Waals surface area contributed by atoms with Gasteiger partial charge in [0.25, 0.3) is 0 Å². The van der Waals surface area contributed by atoms with Crippen molar-refractivity contribution >= 4 is 40.9 Å². The van der Waals surface area contributed by atoms with Crippen LogP contribution < -0.4 is 16.4 Å². The molecule has 0 aliphatic carbocycles. The molecule has 1 aromatic carbocycles. The van der Waals surface area contributed by atoms with Crippen LogP contribution in [0.4, 0.5) is 10.5 Å². The van der Waals surface area contributed by atoms with Crippen LogP contribution in [0.1, 0.15) is 0 Å². The lowest BCUT2D eigenvalue weighted by Gasteiger charge is -2.09. The molecule has 0 spiro atoms. The van der Waals surface area contributed by atoms with Crippen molar-refractivity contribution in [2.75, 3.05) is 5.32 Å². The summed E-state index contributed by atoms with van der Waals surface area (Å²) in [4.78, 5) is 10.4. The van der Waals surface area contributed by atoms with Crippen molar-refractivity contribution in [3.63, 3.8) is 0 Å². The van der Waals surface area contributed by atoms with Crippen molar-refractivity contribution in [2.45, 2.75) is 0 Å². The highest BCUT2D eigenvalue weighted by atomic mass is 35.5.